The van der Waals surface area contributed by atoms with Crippen LogP contribution in [0.25, 0.3) is 0 Å². The van der Waals surface area contributed by atoms with Crippen LogP contribution < -0.4 is 20.3 Å². The lowest BCUT2D eigenvalue weighted by atomic mass is 10.0. The minimum absolute atomic E-state index is 0. The van der Waals surface area contributed by atoms with Crippen LogP contribution in [0, 0.1) is 5.92 Å². The summed E-state index contributed by atoms with van der Waals surface area (Å²) in [4.78, 5) is 7.15. The third-order valence-electron chi connectivity index (χ3n) is 5.04. The number of methoxy groups -OCH3 is 1. The topological polar surface area (TPSA) is 69.1 Å². The molecule has 0 aromatic heterocycles. The molecule has 1 saturated heterocycles. The molecule has 0 bridgehead atoms. The van der Waals surface area contributed by atoms with Crippen molar-refractivity contribution in [3.63, 3.8) is 0 Å². The van der Waals surface area contributed by atoms with Crippen LogP contribution in [0.5, 0.6) is 5.75 Å². The number of hydrogen-bond donors (Lipinski definition) is 3. The molecule has 2 unspecified atom stereocenters. The van der Waals surface area contributed by atoms with Gasteiger partial charge in [-0.3, -0.25) is 4.99 Å². The lowest BCUT2D eigenvalue weighted by Crippen LogP contribution is -2.44. The molecule has 1 fully saturated rings. The van der Waals surface area contributed by atoms with Crippen molar-refractivity contribution in [3.05, 3.63) is 24.3 Å². The van der Waals surface area contributed by atoms with E-state index >= 15 is 0 Å². The first-order chi connectivity index (χ1) is 13.2. The molecule has 1 aliphatic rings. The highest BCUT2D eigenvalue weighted by molar-refractivity contribution is 14.0. The molecule has 2 rings (SSSR count). The summed E-state index contributed by atoms with van der Waals surface area (Å²) >= 11 is 0. The molecular weight excluding hydrogens is 467 g/mol. The Morgan fingerprint density at radius 3 is 2.79 bits per heavy atom. The minimum atomic E-state index is 0. The Kier molecular flexibility index (Phi) is 12.3. The van der Waals surface area contributed by atoms with Crippen LogP contribution >= 0.6 is 24.0 Å². The van der Waals surface area contributed by atoms with E-state index in [2.05, 4.69) is 41.5 Å². The van der Waals surface area contributed by atoms with E-state index in [1.54, 1.807) is 7.11 Å². The highest BCUT2D eigenvalue weighted by Gasteiger charge is 2.25. The second kappa shape index (κ2) is 13.9. The quantitative estimate of drug-likeness (QED) is 0.259. The van der Waals surface area contributed by atoms with Crippen LogP contribution in [0.15, 0.2) is 29.3 Å². The van der Waals surface area contributed by atoms with Crippen molar-refractivity contribution >= 4 is 35.6 Å². The van der Waals surface area contributed by atoms with Crippen LogP contribution in [0.1, 0.15) is 39.5 Å². The summed E-state index contributed by atoms with van der Waals surface area (Å²) in [6.07, 6.45) is 4.12. The molecule has 1 aliphatic heterocycles. The predicted octanol–water partition coefficient (Wildman–Crippen LogP) is 3.25. The summed E-state index contributed by atoms with van der Waals surface area (Å²) in [6, 6.07) is 8.54. The van der Waals surface area contributed by atoms with E-state index in [4.69, 9.17) is 9.73 Å². The Balaban J connectivity index is 0.00000392. The first-order valence-electron chi connectivity index (χ1n) is 10.2. The van der Waals surface area contributed by atoms with E-state index in [0.29, 0.717) is 12.0 Å². The molecule has 160 valence electrons. The number of aliphatic hydroxyl groups excluding tert-OH is 1. The molecule has 0 saturated carbocycles. The summed E-state index contributed by atoms with van der Waals surface area (Å²) < 4.78 is 5.50. The number of nitrogens with one attached hydrogen (secondary N) is 2. The molecule has 28 heavy (non-hydrogen) atoms. The smallest absolute Gasteiger partial charge is 0.191 e. The fourth-order valence-corrected chi connectivity index (χ4v) is 3.64. The zero-order valence-electron chi connectivity index (χ0n) is 17.5. The van der Waals surface area contributed by atoms with Gasteiger partial charge in [0.15, 0.2) is 5.96 Å². The third-order valence-corrected chi connectivity index (χ3v) is 5.04. The monoisotopic (exact) mass is 504 g/mol. The number of benzene rings is 1. The maximum atomic E-state index is 9.25. The van der Waals surface area contributed by atoms with Crippen molar-refractivity contribution in [3.8, 4) is 5.75 Å². The second-order valence-corrected chi connectivity index (χ2v) is 7.13. The highest BCUT2D eigenvalue weighted by Crippen LogP contribution is 2.30. The standard InChI is InChI=1S/C21H36N4O2.HI/c1-4-8-17(12-14-26)15-23-21(22-5-2)24-18-11-13-25(16-18)19-9-6-7-10-20(19)27-3;/h6-7,9-10,17-18,26H,4-5,8,11-16H2,1-3H3,(H2,22,23,24);1H. The highest BCUT2D eigenvalue weighted by atomic mass is 127. The summed E-state index contributed by atoms with van der Waals surface area (Å²) in [5, 5.41) is 16.2. The normalized spacial score (nSPS) is 17.8. The van der Waals surface area contributed by atoms with Gasteiger partial charge in [-0.15, -0.1) is 24.0 Å². The van der Waals surface area contributed by atoms with Crippen LogP contribution in [-0.4, -0.2) is 57.0 Å². The molecule has 1 aromatic rings. The van der Waals surface area contributed by atoms with E-state index in [1.807, 2.05) is 12.1 Å². The molecule has 0 radical (unpaired) electrons. The average Bonchev–Trinajstić information content (AvgIpc) is 3.14. The van der Waals surface area contributed by atoms with Gasteiger partial charge in [-0.1, -0.05) is 25.5 Å². The largest absolute Gasteiger partial charge is 0.495 e. The summed E-state index contributed by atoms with van der Waals surface area (Å²) in [7, 11) is 1.72. The van der Waals surface area contributed by atoms with Gasteiger partial charge >= 0.3 is 0 Å². The maximum Gasteiger partial charge on any atom is 0.191 e. The number of anilines is 1. The lowest BCUT2D eigenvalue weighted by molar-refractivity contribution is 0.253. The number of guanidine groups is 1. The molecule has 2 atom stereocenters. The van der Waals surface area contributed by atoms with Crippen molar-refractivity contribution in [1.29, 1.82) is 0 Å². The fraction of sp³-hybridized carbons (Fsp3) is 0.667. The molecule has 7 heteroatoms. The summed E-state index contributed by atoms with van der Waals surface area (Å²) in [5.41, 5.74) is 1.15. The van der Waals surface area contributed by atoms with E-state index < -0.39 is 0 Å². The maximum absolute atomic E-state index is 9.25. The van der Waals surface area contributed by atoms with Gasteiger partial charge in [0.05, 0.1) is 12.8 Å². The van der Waals surface area contributed by atoms with Crippen LogP contribution in [0.4, 0.5) is 5.69 Å². The van der Waals surface area contributed by atoms with Gasteiger partial charge in [-0.2, -0.15) is 0 Å². The lowest BCUT2D eigenvalue weighted by Gasteiger charge is -2.22. The van der Waals surface area contributed by atoms with Crippen molar-refractivity contribution in [2.24, 2.45) is 10.9 Å². The van der Waals surface area contributed by atoms with Crippen LogP contribution in [0.2, 0.25) is 0 Å². The fourth-order valence-electron chi connectivity index (χ4n) is 3.64. The molecule has 6 nitrogen and oxygen atoms in total. The Hall–Kier alpha value is -1.22. The number of ether oxygens (including phenoxy) is 1. The van der Waals surface area contributed by atoms with E-state index in [9.17, 15) is 5.11 Å². The Morgan fingerprint density at radius 2 is 2.11 bits per heavy atom. The predicted molar refractivity (Wildman–Crippen MR) is 128 cm³/mol. The molecule has 0 spiro atoms. The number of aliphatic imine (C=N–C) groups is 1. The molecule has 1 aromatic carbocycles. The number of para-hydroxylation sites is 2. The first kappa shape index (κ1) is 24.8. The molecule has 0 aliphatic carbocycles. The number of rotatable bonds is 10. The van der Waals surface area contributed by atoms with Gasteiger partial charge in [-0.05, 0) is 44.2 Å². The van der Waals surface area contributed by atoms with Gasteiger partial charge in [-0.25, -0.2) is 0 Å². The average molecular weight is 504 g/mol. The van der Waals surface area contributed by atoms with Gasteiger partial charge in [0, 0.05) is 38.8 Å². The summed E-state index contributed by atoms with van der Waals surface area (Å²) in [5.74, 6) is 2.25. The zero-order valence-corrected chi connectivity index (χ0v) is 19.8. The van der Waals surface area contributed by atoms with Gasteiger partial charge in [0.25, 0.3) is 0 Å². The van der Waals surface area contributed by atoms with E-state index in [-0.39, 0.29) is 30.6 Å². The second-order valence-electron chi connectivity index (χ2n) is 7.13. The third kappa shape index (κ3) is 7.66. The molecule has 0 amide bonds. The zero-order chi connectivity index (χ0) is 19.5. The van der Waals surface area contributed by atoms with E-state index in [1.165, 1.54) is 0 Å². The Labute approximate surface area is 187 Å². The van der Waals surface area contributed by atoms with Crippen LogP contribution in [-0.2, 0) is 0 Å². The summed E-state index contributed by atoms with van der Waals surface area (Å²) in [6.45, 7) is 8.04. The molecular formula is C21H37IN4O2. The van der Waals surface area contributed by atoms with E-state index in [0.717, 1.165) is 69.3 Å². The number of aliphatic hydroxyl groups is 1. The Morgan fingerprint density at radius 1 is 1.32 bits per heavy atom. The Bertz CT molecular complexity index is 579. The first-order valence-corrected chi connectivity index (χ1v) is 10.2. The number of nitrogens with zero attached hydrogens (tertiary/aromatic N) is 2. The molecule has 1 heterocycles. The van der Waals surface area contributed by atoms with Crippen molar-refractivity contribution in [2.75, 3.05) is 44.8 Å². The van der Waals surface area contributed by atoms with Crippen molar-refractivity contribution < 1.29 is 9.84 Å². The minimum Gasteiger partial charge on any atom is -0.495 e. The van der Waals surface area contributed by atoms with Gasteiger partial charge < -0.3 is 25.4 Å². The van der Waals surface area contributed by atoms with Gasteiger partial charge in [0.1, 0.15) is 5.75 Å². The number of hydrogen-bond acceptors (Lipinski definition) is 4. The van der Waals surface area contributed by atoms with Crippen molar-refractivity contribution in [1.82, 2.24) is 10.6 Å². The number of halogens is 1. The van der Waals surface area contributed by atoms with Gasteiger partial charge in [0.2, 0.25) is 0 Å². The SMILES string of the molecule is CCCC(CCO)CN=C(NCC)NC1CCN(c2ccccc2OC)C1.I. The molecule has 3 N–H and O–H groups in total. The van der Waals surface area contributed by atoms with Crippen LogP contribution in [0.3, 0.4) is 0 Å². The van der Waals surface area contributed by atoms with Crippen molar-refractivity contribution in [2.45, 2.75) is 45.6 Å².